The number of amides is 2. The summed E-state index contributed by atoms with van der Waals surface area (Å²) in [6, 6.07) is 7.25. The standard InChI is InChI=1S/C18H24N2O5/c1-17(15(21)22)7-9-20(10-8-17)16(23)19-11-18(2)12-24-13-5-3-4-6-14(13)25-18/h3-6H,7-12H2,1-2H3,(H,19,23)(H,21,22). The van der Waals surface area contributed by atoms with E-state index in [0.29, 0.717) is 50.6 Å². The van der Waals surface area contributed by atoms with Gasteiger partial charge < -0.3 is 24.8 Å². The Kier molecular flexibility index (Phi) is 4.49. The average Bonchev–Trinajstić information content (AvgIpc) is 2.60. The molecule has 1 saturated heterocycles. The van der Waals surface area contributed by atoms with Gasteiger partial charge in [-0.15, -0.1) is 0 Å². The van der Waals surface area contributed by atoms with E-state index in [-0.39, 0.29) is 6.03 Å². The van der Waals surface area contributed by atoms with Crippen molar-refractivity contribution in [1.82, 2.24) is 10.2 Å². The molecule has 0 bridgehead atoms. The molecule has 0 aromatic heterocycles. The van der Waals surface area contributed by atoms with Crippen molar-refractivity contribution in [1.29, 1.82) is 0 Å². The summed E-state index contributed by atoms with van der Waals surface area (Å²) in [5.41, 5.74) is -1.39. The van der Waals surface area contributed by atoms with E-state index in [1.54, 1.807) is 11.8 Å². The van der Waals surface area contributed by atoms with Crippen LogP contribution in [0.3, 0.4) is 0 Å². The quantitative estimate of drug-likeness (QED) is 0.873. The van der Waals surface area contributed by atoms with E-state index < -0.39 is 17.0 Å². The predicted octanol–water partition coefficient (Wildman–Crippen LogP) is 2.11. The topological polar surface area (TPSA) is 88.1 Å². The van der Waals surface area contributed by atoms with Crippen LogP contribution in [-0.2, 0) is 4.79 Å². The first-order chi connectivity index (χ1) is 11.8. The molecular formula is C18H24N2O5. The first-order valence-electron chi connectivity index (χ1n) is 8.48. The molecule has 1 aromatic carbocycles. The minimum atomic E-state index is -0.800. The molecule has 0 aliphatic carbocycles. The second-order valence-corrected chi connectivity index (χ2v) is 7.30. The van der Waals surface area contributed by atoms with Crippen molar-refractivity contribution in [3.8, 4) is 11.5 Å². The molecule has 0 spiro atoms. The fourth-order valence-corrected chi connectivity index (χ4v) is 3.06. The molecule has 1 atom stereocenters. The van der Waals surface area contributed by atoms with Crippen LogP contribution in [0.1, 0.15) is 26.7 Å². The first-order valence-corrected chi connectivity index (χ1v) is 8.48. The molecule has 2 amide bonds. The second kappa shape index (κ2) is 6.46. The molecule has 1 aromatic rings. The van der Waals surface area contributed by atoms with Gasteiger partial charge in [0.25, 0.3) is 0 Å². The Labute approximate surface area is 146 Å². The minimum absolute atomic E-state index is 0.198. The number of urea groups is 1. The summed E-state index contributed by atoms with van der Waals surface area (Å²) in [7, 11) is 0. The van der Waals surface area contributed by atoms with Crippen LogP contribution in [0.5, 0.6) is 11.5 Å². The number of rotatable bonds is 3. The number of likely N-dealkylation sites (tertiary alicyclic amines) is 1. The van der Waals surface area contributed by atoms with Crippen LogP contribution >= 0.6 is 0 Å². The van der Waals surface area contributed by atoms with Crippen LogP contribution < -0.4 is 14.8 Å². The second-order valence-electron chi connectivity index (χ2n) is 7.30. The molecule has 1 unspecified atom stereocenters. The monoisotopic (exact) mass is 348 g/mol. The zero-order valence-corrected chi connectivity index (χ0v) is 14.6. The molecule has 0 radical (unpaired) electrons. The van der Waals surface area contributed by atoms with Crippen LogP contribution in [0.15, 0.2) is 24.3 Å². The van der Waals surface area contributed by atoms with Crippen LogP contribution in [0.4, 0.5) is 4.79 Å². The lowest BCUT2D eigenvalue weighted by Gasteiger charge is -2.38. The van der Waals surface area contributed by atoms with Crippen molar-refractivity contribution in [3.05, 3.63) is 24.3 Å². The van der Waals surface area contributed by atoms with Crippen LogP contribution in [0.25, 0.3) is 0 Å². The summed E-state index contributed by atoms with van der Waals surface area (Å²) in [4.78, 5) is 25.3. The largest absolute Gasteiger partial charge is 0.485 e. The number of para-hydroxylation sites is 2. The van der Waals surface area contributed by atoms with Crippen molar-refractivity contribution in [2.45, 2.75) is 32.3 Å². The number of carboxylic acids is 1. The number of carboxylic acid groups (broad SMARTS) is 1. The van der Waals surface area contributed by atoms with Crippen LogP contribution in [0, 0.1) is 5.41 Å². The van der Waals surface area contributed by atoms with Crippen molar-refractivity contribution in [3.63, 3.8) is 0 Å². The maximum atomic E-state index is 12.4. The van der Waals surface area contributed by atoms with Gasteiger partial charge in [0, 0.05) is 13.1 Å². The summed E-state index contributed by atoms with van der Waals surface area (Å²) < 4.78 is 11.7. The molecule has 3 rings (SSSR count). The van der Waals surface area contributed by atoms with E-state index in [1.807, 2.05) is 31.2 Å². The van der Waals surface area contributed by atoms with Crippen molar-refractivity contribution >= 4 is 12.0 Å². The maximum Gasteiger partial charge on any atom is 0.317 e. The lowest BCUT2D eigenvalue weighted by molar-refractivity contribution is -0.150. The number of carbonyl (C=O) groups excluding carboxylic acids is 1. The Morgan fingerprint density at radius 1 is 1.20 bits per heavy atom. The third-order valence-electron chi connectivity index (χ3n) is 5.02. The molecule has 2 heterocycles. The molecule has 136 valence electrons. The highest BCUT2D eigenvalue weighted by molar-refractivity contribution is 5.77. The van der Waals surface area contributed by atoms with Gasteiger partial charge in [0.2, 0.25) is 0 Å². The highest BCUT2D eigenvalue weighted by Gasteiger charge is 2.39. The van der Waals surface area contributed by atoms with Gasteiger partial charge in [-0.25, -0.2) is 4.79 Å². The number of benzene rings is 1. The van der Waals surface area contributed by atoms with Crippen molar-refractivity contribution in [2.75, 3.05) is 26.2 Å². The summed E-state index contributed by atoms with van der Waals surface area (Å²) in [6.45, 7) is 5.16. The van der Waals surface area contributed by atoms with Crippen LogP contribution in [-0.4, -0.2) is 53.8 Å². The first kappa shape index (κ1) is 17.4. The number of hydrogen-bond acceptors (Lipinski definition) is 4. The number of ether oxygens (including phenoxy) is 2. The SMILES string of the molecule is CC1(CNC(=O)N2CCC(C)(C(=O)O)CC2)COc2ccccc2O1. The van der Waals surface area contributed by atoms with E-state index in [0.717, 1.165) is 0 Å². The van der Waals surface area contributed by atoms with Gasteiger partial charge in [-0.3, -0.25) is 4.79 Å². The smallest absolute Gasteiger partial charge is 0.317 e. The summed E-state index contributed by atoms with van der Waals surface area (Å²) >= 11 is 0. The Morgan fingerprint density at radius 3 is 2.48 bits per heavy atom. The molecule has 7 nitrogen and oxygen atoms in total. The van der Waals surface area contributed by atoms with E-state index in [2.05, 4.69) is 5.32 Å². The highest BCUT2D eigenvalue weighted by Crippen LogP contribution is 2.34. The van der Waals surface area contributed by atoms with Crippen molar-refractivity contribution < 1.29 is 24.2 Å². The number of hydrogen-bond donors (Lipinski definition) is 2. The molecular weight excluding hydrogens is 324 g/mol. The van der Waals surface area contributed by atoms with E-state index in [4.69, 9.17) is 9.47 Å². The van der Waals surface area contributed by atoms with Gasteiger partial charge in [-0.05, 0) is 38.8 Å². The van der Waals surface area contributed by atoms with Gasteiger partial charge in [0.05, 0.1) is 12.0 Å². The van der Waals surface area contributed by atoms with Crippen molar-refractivity contribution in [2.24, 2.45) is 5.41 Å². The number of nitrogens with zero attached hydrogens (tertiary/aromatic N) is 1. The molecule has 1 fully saturated rings. The minimum Gasteiger partial charge on any atom is -0.485 e. The van der Waals surface area contributed by atoms with Gasteiger partial charge >= 0.3 is 12.0 Å². The van der Waals surface area contributed by atoms with E-state index in [1.165, 1.54) is 0 Å². The zero-order valence-electron chi connectivity index (χ0n) is 14.6. The van der Waals surface area contributed by atoms with E-state index in [9.17, 15) is 14.7 Å². The number of piperidine rings is 1. The Bertz CT molecular complexity index is 669. The Balaban J connectivity index is 1.52. The van der Waals surface area contributed by atoms with Gasteiger partial charge in [0.15, 0.2) is 17.1 Å². The summed E-state index contributed by atoms with van der Waals surface area (Å²) in [6.07, 6.45) is 0.917. The molecule has 2 N–H and O–H groups in total. The summed E-state index contributed by atoms with van der Waals surface area (Å²) in [5.74, 6) is 0.572. The third-order valence-corrected chi connectivity index (χ3v) is 5.02. The molecule has 7 heteroatoms. The maximum absolute atomic E-state index is 12.4. The summed E-state index contributed by atoms with van der Waals surface area (Å²) in [5, 5.41) is 12.1. The third kappa shape index (κ3) is 3.65. The highest BCUT2D eigenvalue weighted by atomic mass is 16.6. The van der Waals surface area contributed by atoms with Crippen LogP contribution in [0.2, 0.25) is 0 Å². The fraction of sp³-hybridized carbons (Fsp3) is 0.556. The fourth-order valence-electron chi connectivity index (χ4n) is 3.06. The van der Waals surface area contributed by atoms with E-state index >= 15 is 0 Å². The van der Waals surface area contributed by atoms with Gasteiger partial charge in [-0.2, -0.15) is 0 Å². The molecule has 2 aliphatic rings. The lowest BCUT2D eigenvalue weighted by Crippen LogP contribution is -2.55. The molecule has 0 saturated carbocycles. The lowest BCUT2D eigenvalue weighted by atomic mass is 9.80. The number of aliphatic carboxylic acids is 1. The molecule has 25 heavy (non-hydrogen) atoms. The van der Waals surface area contributed by atoms with Gasteiger partial charge in [-0.1, -0.05) is 12.1 Å². The number of carbonyl (C=O) groups is 2. The predicted molar refractivity (Wildman–Crippen MR) is 90.9 cm³/mol. The Morgan fingerprint density at radius 2 is 1.84 bits per heavy atom. The Hall–Kier alpha value is -2.44. The zero-order chi connectivity index (χ0) is 18.1. The number of fused-ring (bicyclic) bond motifs is 1. The molecule has 2 aliphatic heterocycles. The normalized spacial score (nSPS) is 24.5. The number of nitrogens with one attached hydrogen (secondary N) is 1. The van der Waals surface area contributed by atoms with Gasteiger partial charge in [0.1, 0.15) is 6.61 Å². The average molecular weight is 348 g/mol.